The highest BCUT2D eigenvalue weighted by atomic mass is 16.1. The number of hydrogen-bond donors (Lipinski definition) is 0. The fraction of sp³-hybridized carbons (Fsp3) is 0.727. The third-order valence-electron chi connectivity index (χ3n) is 3.04. The summed E-state index contributed by atoms with van der Waals surface area (Å²) in [6.07, 6.45) is 7.56. The van der Waals surface area contributed by atoms with Crippen LogP contribution >= 0.6 is 0 Å². The van der Waals surface area contributed by atoms with Crippen molar-refractivity contribution in [1.29, 1.82) is 0 Å². The van der Waals surface area contributed by atoms with E-state index in [2.05, 4.69) is 19.9 Å². The largest absolute Gasteiger partial charge is 0.303 e. The summed E-state index contributed by atoms with van der Waals surface area (Å²) < 4.78 is 0. The number of rotatable bonds is 2. The van der Waals surface area contributed by atoms with Crippen LogP contribution in [-0.2, 0) is 4.79 Å². The molecule has 0 spiro atoms. The molecule has 1 aliphatic carbocycles. The highest BCUT2D eigenvalue weighted by Gasteiger charge is 2.20. The lowest BCUT2D eigenvalue weighted by Gasteiger charge is -2.28. The topological polar surface area (TPSA) is 17.1 Å². The monoisotopic (exact) mass is 166 g/mol. The van der Waals surface area contributed by atoms with Crippen LogP contribution in [0.3, 0.4) is 0 Å². The van der Waals surface area contributed by atoms with Gasteiger partial charge in [0.2, 0.25) is 0 Å². The Hall–Kier alpha value is -0.590. The molecular weight excluding hydrogens is 148 g/mol. The van der Waals surface area contributed by atoms with Crippen LogP contribution < -0.4 is 0 Å². The van der Waals surface area contributed by atoms with Gasteiger partial charge in [0.05, 0.1) is 0 Å². The van der Waals surface area contributed by atoms with E-state index in [0.717, 1.165) is 12.2 Å². The summed E-state index contributed by atoms with van der Waals surface area (Å²) in [5.41, 5.74) is 1.50. The van der Waals surface area contributed by atoms with E-state index in [9.17, 15) is 4.79 Å². The first kappa shape index (κ1) is 9.50. The lowest BCUT2D eigenvalue weighted by Crippen LogP contribution is -2.16. The molecule has 1 fully saturated rings. The number of aldehydes is 1. The number of allylic oxidation sites excluding steroid dienone is 2. The van der Waals surface area contributed by atoms with Crippen molar-refractivity contribution in [2.24, 2.45) is 11.8 Å². The van der Waals surface area contributed by atoms with Crippen LogP contribution in [0, 0.1) is 11.8 Å². The Morgan fingerprint density at radius 2 is 2.25 bits per heavy atom. The zero-order chi connectivity index (χ0) is 8.97. The zero-order valence-electron chi connectivity index (χ0n) is 8.05. The molecule has 0 aromatic carbocycles. The van der Waals surface area contributed by atoms with Gasteiger partial charge in [-0.1, -0.05) is 25.5 Å². The SMILES string of the molecule is C[C@@H]1/C(=C\CC=O)CCC[C@@H]1C. The average Bonchev–Trinajstić information content (AvgIpc) is 2.08. The van der Waals surface area contributed by atoms with Crippen molar-refractivity contribution in [3.05, 3.63) is 11.6 Å². The Kier molecular flexibility index (Phi) is 3.51. The van der Waals surface area contributed by atoms with Crippen LogP contribution in [0.15, 0.2) is 11.6 Å². The van der Waals surface area contributed by atoms with E-state index in [1.807, 2.05) is 0 Å². The van der Waals surface area contributed by atoms with Crippen molar-refractivity contribution in [2.75, 3.05) is 0 Å². The van der Waals surface area contributed by atoms with Gasteiger partial charge in [-0.25, -0.2) is 0 Å². The fourth-order valence-electron chi connectivity index (χ4n) is 1.96. The first-order valence-corrected chi connectivity index (χ1v) is 4.88. The molecule has 0 saturated heterocycles. The van der Waals surface area contributed by atoms with Gasteiger partial charge in [0.15, 0.2) is 0 Å². The van der Waals surface area contributed by atoms with Crippen LogP contribution in [0.2, 0.25) is 0 Å². The second kappa shape index (κ2) is 4.44. The Labute approximate surface area is 74.9 Å². The molecule has 1 rings (SSSR count). The lowest BCUT2D eigenvalue weighted by molar-refractivity contribution is -0.107. The standard InChI is InChI=1S/C11H18O/c1-9-5-3-6-11(10(9)2)7-4-8-12/h7-10H,3-6H2,1-2H3/b11-7-/t9-,10-/m0/s1. The molecule has 0 heterocycles. The van der Waals surface area contributed by atoms with E-state index in [0.29, 0.717) is 12.3 Å². The Balaban J connectivity index is 2.56. The van der Waals surface area contributed by atoms with Gasteiger partial charge < -0.3 is 4.79 Å². The molecule has 0 bridgehead atoms. The second-order valence-corrected chi connectivity index (χ2v) is 3.84. The zero-order valence-corrected chi connectivity index (χ0v) is 8.05. The fourth-order valence-corrected chi connectivity index (χ4v) is 1.96. The van der Waals surface area contributed by atoms with Gasteiger partial charge in [0.25, 0.3) is 0 Å². The highest BCUT2D eigenvalue weighted by molar-refractivity contribution is 5.52. The third kappa shape index (κ3) is 2.20. The van der Waals surface area contributed by atoms with Gasteiger partial charge in [-0.05, 0) is 31.1 Å². The van der Waals surface area contributed by atoms with E-state index in [1.54, 1.807) is 0 Å². The normalized spacial score (nSPS) is 33.7. The minimum atomic E-state index is 0.604. The molecule has 1 saturated carbocycles. The van der Waals surface area contributed by atoms with E-state index in [4.69, 9.17) is 0 Å². The Bertz CT molecular complexity index is 181. The maximum absolute atomic E-state index is 10.2. The van der Waals surface area contributed by atoms with E-state index >= 15 is 0 Å². The van der Waals surface area contributed by atoms with Crippen molar-refractivity contribution in [2.45, 2.75) is 39.5 Å². The number of carbonyl (C=O) groups is 1. The molecule has 0 aromatic heterocycles. The van der Waals surface area contributed by atoms with Crippen LogP contribution in [0.1, 0.15) is 39.5 Å². The van der Waals surface area contributed by atoms with Crippen molar-refractivity contribution in [3.8, 4) is 0 Å². The molecule has 1 heteroatoms. The molecule has 0 aromatic rings. The average molecular weight is 166 g/mol. The third-order valence-corrected chi connectivity index (χ3v) is 3.04. The number of hydrogen-bond acceptors (Lipinski definition) is 1. The summed E-state index contributed by atoms with van der Waals surface area (Å²) in [4.78, 5) is 10.2. The second-order valence-electron chi connectivity index (χ2n) is 3.84. The van der Waals surface area contributed by atoms with Crippen LogP contribution in [0.25, 0.3) is 0 Å². The van der Waals surface area contributed by atoms with Crippen molar-refractivity contribution < 1.29 is 4.79 Å². The first-order valence-electron chi connectivity index (χ1n) is 4.88. The van der Waals surface area contributed by atoms with Gasteiger partial charge in [0.1, 0.15) is 6.29 Å². The first-order chi connectivity index (χ1) is 5.75. The molecule has 0 aliphatic heterocycles. The van der Waals surface area contributed by atoms with Crippen molar-refractivity contribution in [3.63, 3.8) is 0 Å². The van der Waals surface area contributed by atoms with Gasteiger partial charge in [-0.3, -0.25) is 0 Å². The van der Waals surface area contributed by atoms with E-state index in [1.165, 1.54) is 24.8 Å². The summed E-state index contributed by atoms with van der Waals surface area (Å²) in [5.74, 6) is 1.50. The maximum Gasteiger partial charge on any atom is 0.123 e. The predicted octanol–water partition coefficient (Wildman–Crippen LogP) is 2.96. The summed E-state index contributed by atoms with van der Waals surface area (Å²) >= 11 is 0. The van der Waals surface area contributed by atoms with Gasteiger partial charge in [-0.2, -0.15) is 0 Å². The van der Waals surface area contributed by atoms with Crippen LogP contribution in [0.5, 0.6) is 0 Å². The van der Waals surface area contributed by atoms with Gasteiger partial charge >= 0.3 is 0 Å². The molecule has 0 N–H and O–H groups in total. The predicted molar refractivity (Wildman–Crippen MR) is 50.9 cm³/mol. The minimum absolute atomic E-state index is 0.604. The van der Waals surface area contributed by atoms with Gasteiger partial charge in [-0.15, -0.1) is 0 Å². The maximum atomic E-state index is 10.2. The van der Waals surface area contributed by atoms with Crippen LogP contribution in [0.4, 0.5) is 0 Å². The molecule has 0 amide bonds. The molecule has 0 unspecified atom stereocenters. The Morgan fingerprint density at radius 1 is 1.50 bits per heavy atom. The molecule has 0 radical (unpaired) electrons. The molecule has 1 aliphatic rings. The molecule has 1 nitrogen and oxygen atoms in total. The summed E-state index contributed by atoms with van der Waals surface area (Å²) in [7, 11) is 0. The highest BCUT2D eigenvalue weighted by Crippen LogP contribution is 2.33. The smallest absolute Gasteiger partial charge is 0.123 e. The van der Waals surface area contributed by atoms with Crippen molar-refractivity contribution in [1.82, 2.24) is 0 Å². The molecule has 12 heavy (non-hydrogen) atoms. The lowest BCUT2D eigenvalue weighted by atomic mass is 9.77. The van der Waals surface area contributed by atoms with E-state index in [-0.39, 0.29) is 0 Å². The van der Waals surface area contributed by atoms with Crippen molar-refractivity contribution >= 4 is 6.29 Å². The molecule has 2 atom stereocenters. The Morgan fingerprint density at radius 3 is 2.92 bits per heavy atom. The summed E-state index contributed by atoms with van der Waals surface area (Å²) in [6, 6.07) is 0. The molecular formula is C11H18O. The molecule has 68 valence electrons. The summed E-state index contributed by atoms with van der Waals surface area (Å²) in [5, 5.41) is 0. The van der Waals surface area contributed by atoms with Crippen LogP contribution in [-0.4, -0.2) is 6.29 Å². The van der Waals surface area contributed by atoms with E-state index < -0.39 is 0 Å². The quantitative estimate of drug-likeness (QED) is 0.455. The van der Waals surface area contributed by atoms with Gasteiger partial charge in [0, 0.05) is 6.42 Å². The summed E-state index contributed by atoms with van der Waals surface area (Å²) in [6.45, 7) is 4.58. The minimum Gasteiger partial charge on any atom is -0.303 e. The number of carbonyl (C=O) groups excluding carboxylic acids is 1.